The molecule has 0 spiro atoms. The first-order chi connectivity index (χ1) is 18.0. The molecule has 1 aromatic heterocycles. The first-order valence-corrected chi connectivity index (χ1v) is 12.9. The number of hydrogen-bond acceptors (Lipinski definition) is 7. The molecular weight excluding hydrogens is 474 g/mol. The lowest BCUT2D eigenvalue weighted by Crippen LogP contribution is -2.50. The molecule has 0 aliphatic carbocycles. The van der Waals surface area contributed by atoms with Crippen LogP contribution in [-0.4, -0.2) is 71.7 Å². The van der Waals surface area contributed by atoms with Gasteiger partial charge >= 0.3 is 12.1 Å². The molecule has 2 amide bonds. The second-order valence-electron chi connectivity index (χ2n) is 9.55. The molecule has 10 nitrogen and oxygen atoms in total. The van der Waals surface area contributed by atoms with Crippen molar-refractivity contribution < 1.29 is 24.2 Å². The third-order valence-corrected chi connectivity index (χ3v) is 6.88. The fourth-order valence-corrected chi connectivity index (χ4v) is 4.65. The Morgan fingerprint density at radius 3 is 2.68 bits per heavy atom. The molecule has 0 saturated carbocycles. The number of alkyl carbamates (subject to hydrolysis) is 1. The molecule has 37 heavy (non-hydrogen) atoms. The van der Waals surface area contributed by atoms with Gasteiger partial charge in [-0.2, -0.15) is 0 Å². The van der Waals surface area contributed by atoms with Crippen molar-refractivity contribution in [1.29, 1.82) is 0 Å². The Hall–Kier alpha value is -3.66. The van der Waals surface area contributed by atoms with Crippen LogP contribution in [0.5, 0.6) is 0 Å². The lowest BCUT2D eigenvalue weighted by atomic mass is 9.95. The highest BCUT2D eigenvalue weighted by molar-refractivity contribution is 5.82. The van der Waals surface area contributed by atoms with Gasteiger partial charge in [-0.3, -0.25) is 4.79 Å². The second-order valence-corrected chi connectivity index (χ2v) is 9.55. The van der Waals surface area contributed by atoms with E-state index in [2.05, 4.69) is 33.0 Å². The number of likely N-dealkylation sites (tertiary alicyclic amines) is 1. The van der Waals surface area contributed by atoms with Crippen LogP contribution in [0.2, 0.25) is 0 Å². The van der Waals surface area contributed by atoms with Gasteiger partial charge in [-0.15, -0.1) is 0 Å². The Morgan fingerprint density at radius 2 is 1.92 bits per heavy atom. The number of anilines is 1. The first-order valence-electron chi connectivity index (χ1n) is 12.9. The predicted molar refractivity (Wildman–Crippen MR) is 138 cm³/mol. The molecule has 0 unspecified atom stereocenters. The summed E-state index contributed by atoms with van der Waals surface area (Å²) in [6, 6.07) is 12.1. The molecule has 1 atom stereocenters. The van der Waals surface area contributed by atoms with Crippen LogP contribution in [0.3, 0.4) is 0 Å². The number of pyridine rings is 1. The number of piperidine rings is 1. The molecule has 4 N–H and O–H groups in total. The summed E-state index contributed by atoms with van der Waals surface area (Å²) in [5.74, 6) is -0.593. The lowest BCUT2D eigenvalue weighted by Gasteiger charge is -2.31. The normalized spacial score (nSPS) is 16.6. The van der Waals surface area contributed by atoms with E-state index in [4.69, 9.17) is 9.72 Å². The number of amides is 2. The molecule has 0 bridgehead atoms. The smallest absolute Gasteiger partial charge is 0.408 e. The summed E-state index contributed by atoms with van der Waals surface area (Å²) in [6.45, 7) is 3.29. The minimum absolute atomic E-state index is 0.0311. The van der Waals surface area contributed by atoms with E-state index in [9.17, 15) is 19.5 Å². The van der Waals surface area contributed by atoms with Crippen molar-refractivity contribution in [3.05, 3.63) is 59.3 Å². The number of carboxylic acid groups (broad SMARTS) is 1. The van der Waals surface area contributed by atoms with Crippen molar-refractivity contribution >= 4 is 23.8 Å². The highest BCUT2D eigenvalue weighted by Crippen LogP contribution is 2.21. The molecular formula is C27H35N5O5. The average molecular weight is 510 g/mol. The van der Waals surface area contributed by atoms with Gasteiger partial charge in [-0.25, -0.2) is 14.6 Å². The van der Waals surface area contributed by atoms with Crippen LogP contribution in [0, 0.1) is 5.92 Å². The summed E-state index contributed by atoms with van der Waals surface area (Å²) in [6.07, 6.45) is 3.64. The minimum Gasteiger partial charge on any atom is -0.480 e. The molecule has 2 aromatic rings. The van der Waals surface area contributed by atoms with Gasteiger partial charge in [0.25, 0.3) is 0 Å². The van der Waals surface area contributed by atoms with Crippen LogP contribution in [0.1, 0.15) is 36.1 Å². The maximum absolute atomic E-state index is 12.7. The van der Waals surface area contributed by atoms with Crippen LogP contribution in [0.4, 0.5) is 10.6 Å². The monoisotopic (exact) mass is 509 g/mol. The molecule has 2 aliphatic rings. The molecule has 3 heterocycles. The number of aromatic nitrogens is 1. The average Bonchev–Trinajstić information content (AvgIpc) is 2.93. The molecule has 1 saturated heterocycles. The Bertz CT molecular complexity index is 1070. The number of ether oxygens (including phenoxy) is 1. The standard InChI is InChI=1S/C27H35N5O5/c33-25(29-17-23(26(34)35)31-27(36)37-18-19-5-2-1-3-6-19)21-10-14-32(15-11-21)16-12-22-9-8-20-7-4-13-28-24(20)30-22/h1-3,5-6,8-9,21,23H,4,7,10-18H2,(H,28,30)(H,29,33)(H,31,36)(H,34,35)/t23-/m0/s1. The summed E-state index contributed by atoms with van der Waals surface area (Å²) < 4.78 is 5.09. The quantitative estimate of drug-likeness (QED) is 0.383. The summed E-state index contributed by atoms with van der Waals surface area (Å²) in [4.78, 5) is 43.3. The molecule has 1 aromatic carbocycles. The van der Waals surface area contributed by atoms with Crippen molar-refractivity contribution in [1.82, 2.24) is 20.5 Å². The number of aliphatic carboxylic acids is 1. The van der Waals surface area contributed by atoms with Crippen molar-refractivity contribution in [3.8, 4) is 0 Å². The van der Waals surface area contributed by atoms with E-state index in [1.165, 1.54) is 5.56 Å². The van der Waals surface area contributed by atoms with Crippen LogP contribution >= 0.6 is 0 Å². The molecule has 1 fully saturated rings. The van der Waals surface area contributed by atoms with Crippen molar-refractivity contribution in [2.24, 2.45) is 5.92 Å². The van der Waals surface area contributed by atoms with E-state index in [-0.39, 0.29) is 25.0 Å². The molecule has 2 aliphatic heterocycles. The van der Waals surface area contributed by atoms with E-state index in [0.29, 0.717) is 12.8 Å². The van der Waals surface area contributed by atoms with E-state index in [0.717, 1.165) is 62.5 Å². The van der Waals surface area contributed by atoms with Gasteiger partial charge in [0.05, 0.1) is 0 Å². The van der Waals surface area contributed by atoms with E-state index in [1.54, 1.807) is 12.1 Å². The zero-order valence-electron chi connectivity index (χ0n) is 20.9. The van der Waals surface area contributed by atoms with Crippen molar-refractivity contribution in [2.45, 2.75) is 44.8 Å². The zero-order valence-corrected chi connectivity index (χ0v) is 20.9. The SMILES string of the molecule is O=C(N[C@@H](CNC(=O)C1CCN(CCc2ccc3c(n2)NCCC3)CC1)C(=O)O)OCc1ccccc1. The van der Waals surface area contributed by atoms with Gasteiger partial charge in [0.1, 0.15) is 18.5 Å². The fraction of sp³-hybridized carbons (Fsp3) is 0.481. The van der Waals surface area contributed by atoms with Gasteiger partial charge in [0.2, 0.25) is 5.91 Å². The molecule has 0 radical (unpaired) electrons. The molecule has 10 heteroatoms. The zero-order chi connectivity index (χ0) is 26.0. The first kappa shape index (κ1) is 26.4. The largest absolute Gasteiger partial charge is 0.480 e. The van der Waals surface area contributed by atoms with Gasteiger partial charge < -0.3 is 30.7 Å². The van der Waals surface area contributed by atoms with Gasteiger partial charge in [-0.1, -0.05) is 36.4 Å². The topological polar surface area (TPSA) is 133 Å². The number of fused-ring (bicyclic) bond motifs is 1. The maximum atomic E-state index is 12.7. The highest BCUT2D eigenvalue weighted by Gasteiger charge is 2.27. The Kier molecular flexibility index (Phi) is 9.31. The number of carbonyl (C=O) groups excluding carboxylic acids is 2. The Morgan fingerprint density at radius 1 is 1.14 bits per heavy atom. The number of rotatable bonds is 10. The summed E-state index contributed by atoms with van der Waals surface area (Å²) in [5, 5.41) is 17.8. The lowest BCUT2D eigenvalue weighted by molar-refractivity contribution is -0.139. The van der Waals surface area contributed by atoms with E-state index >= 15 is 0 Å². The Balaban J connectivity index is 1.15. The number of benzene rings is 1. The summed E-state index contributed by atoms with van der Waals surface area (Å²) in [7, 11) is 0. The van der Waals surface area contributed by atoms with E-state index < -0.39 is 18.1 Å². The highest BCUT2D eigenvalue weighted by atomic mass is 16.5. The maximum Gasteiger partial charge on any atom is 0.408 e. The number of carbonyl (C=O) groups is 3. The number of aryl methyl sites for hydroxylation is 1. The van der Waals surface area contributed by atoms with Crippen LogP contribution < -0.4 is 16.0 Å². The third kappa shape index (κ3) is 7.91. The summed E-state index contributed by atoms with van der Waals surface area (Å²) in [5.41, 5.74) is 3.15. The molecule has 4 rings (SSSR count). The second kappa shape index (κ2) is 13.0. The van der Waals surface area contributed by atoms with Crippen molar-refractivity contribution in [3.63, 3.8) is 0 Å². The van der Waals surface area contributed by atoms with Crippen LogP contribution in [0.15, 0.2) is 42.5 Å². The Labute approximate surface area is 216 Å². The van der Waals surface area contributed by atoms with E-state index in [1.807, 2.05) is 18.2 Å². The number of hydrogen-bond donors (Lipinski definition) is 4. The summed E-state index contributed by atoms with van der Waals surface area (Å²) >= 11 is 0. The van der Waals surface area contributed by atoms with Gasteiger partial charge in [0.15, 0.2) is 0 Å². The van der Waals surface area contributed by atoms with Crippen LogP contribution in [0.25, 0.3) is 0 Å². The van der Waals surface area contributed by atoms with Gasteiger partial charge in [0, 0.05) is 37.7 Å². The fourth-order valence-electron chi connectivity index (χ4n) is 4.65. The number of carboxylic acids is 1. The molecule has 198 valence electrons. The number of nitrogens with zero attached hydrogens (tertiary/aromatic N) is 2. The third-order valence-electron chi connectivity index (χ3n) is 6.88. The van der Waals surface area contributed by atoms with Crippen molar-refractivity contribution in [2.75, 3.05) is 38.0 Å². The van der Waals surface area contributed by atoms with Gasteiger partial charge in [-0.05, 0) is 56.0 Å². The minimum atomic E-state index is -1.27. The van der Waals surface area contributed by atoms with Crippen LogP contribution in [-0.2, 0) is 33.8 Å². The number of nitrogens with one attached hydrogen (secondary N) is 3. The predicted octanol–water partition coefficient (Wildman–Crippen LogP) is 2.19.